The molecule has 2 aromatic heterocycles. The molecule has 0 radical (unpaired) electrons. The normalized spacial score (nSPS) is 9.85. The van der Waals surface area contributed by atoms with Crippen LogP contribution in [0.1, 0.15) is 11.1 Å². The van der Waals surface area contributed by atoms with E-state index in [0.717, 1.165) is 0 Å². The minimum absolute atomic E-state index is 0.00377. The van der Waals surface area contributed by atoms with E-state index in [1.54, 1.807) is 36.7 Å². The van der Waals surface area contributed by atoms with Crippen LogP contribution >= 0.6 is 23.2 Å². The van der Waals surface area contributed by atoms with E-state index in [-0.39, 0.29) is 32.7 Å². The number of hydrogen-bond acceptors (Lipinski definition) is 6. The van der Waals surface area contributed by atoms with Gasteiger partial charge in [-0.2, -0.15) is 10.5 Å². The van der Waals surface area contributed by atoms with Gasteiger partial charge in [-0.15, -0.1) is 0 Å². The van der Waals surface area contributed by atoms with Crippen molar-refractivity contribution >= 4 is 23.2 Å². The van der Waals surface area contributed by atoms with Gasteiger partial charge in [-0.25, -0.2) is 0 Å². The third-order valence-electron chi connectivity index (χ3n) is 3.23. The van der Waals surface area contributed by atoms with Crippen molar-refractivity contribution in [3.63, 3.8) is 0 Å². The molecule has 3 aromatic rings. The molecule has 0 amide bonds. The molecule has 0 fully saturated rings. The van der Waals surface area contributed by atoms with Crippen molar-refractivity contribution in [2.45, 2.75) is 0 Å². The standard InChI is InChI=1S/C18H8Cl2N4O2/c19-15-13(7-21)14(8-22)16(20)18(26-12-4-2-6-24-10-12)17(15)25-11-3-1-5-23-9-11/h1-6,9-10H. The van der Waals surface area contributed by atoms with E-state index in [1.165, 1.54) is 12.4 Å². The number of hydrogen-bond donors (Lipinski definition) is 0. The summed E-state index contributed by atoms with van der Waals surface area (Å²) >= 11 is 12.6. The molecule has 0 spiro atoms. The lowest BCUT2D eigenvalue weighted by molar-refractivity contribution is 0.417. The molecule has 3 rings (SSSR count). The average molecular weight is 383 g/mol. The Balaban J connectivity index is 2.21. The second kappa shape index (κ2) is 7.71. The van der Waals surface area contributed by atoms with E-state index in [2.05, 4.69) is 9.97 Å². The highest BCUT2D eigenvalue weighted by Crippen LogP contribution is 2.48. The fourth-order valence-electron chi connectivity index (χ4n) is 2.09. The zero-order valence-electron chi connectivity index (χ0n) is 13.0. The highest BCUT2D eigenvalue weighted by molar-refractivity contribution is 6.37. The molecule has 0 aliphatic carbocycles. The highest BCUT2D eigenvalue weighted by Gasteiger charge is 2.26. The molecule has 126 valence electrons. The fraction of sp³-hybridized carbons (Fsp3) is 0. The summed E-state index contributed by atoms with van der Waals surface area (Å²) in [6.45, 7) is 0. The van der Waals surface area contributed by atoms with Gasteiger partial charge in [0.15, 0.2) is 11.5 Å². The minimum atomic E-state index is -0.100. The summed E-state index contributed by atoms with van der Waals surface area (Å²) in [6.07, 6.45) is 6.08. The number of rotatable bonds is 4. The third kappa shape index (κ3) is 3.38. The summed E-state index contributed by atoms with van der Waals surface area (Å²) in [5.74, 6) is 0.721. The van der Waals surface area contributed by atoms with Gasteiger partial charge in [-0.1, -0.05) is 23.2 Å². The predicted molar refractivity (Wildman–Crippen MR) is 94.5 cm³/mol. The summed E-state index contributed by atoms with van der Waals surface area (Å²) < 4.78 is 11.5. The molecule has 6 nitrogen and oxygen atoms in total. The zero-order chi connectivity index (χ0) is 18.5. The number of nitriles is 2. The molecule has 2 heterocycles. The average Bonchev–Trinajstić information content (AvgIpc) is 2.68. The van der Waals surface area contributed by atoms with Crippen LogP contribution in [0.3, 0.4) is 0 Å². The first kappa shape index (κ1) is 17.5. The van der Waals surface area contributed by atoms with Crippen LogP contribution in [-0.2, 0) is 0 Å². The number of pyridine rings is 2. The van der Waals surface area contributed by atoms with Crippen LogP contribution in [0.25, 0.3) is 0 Å². The van der Waals surface area contributed by atoms with Crippen molar-refractivity contribution in [1.82, 2.24) is 9.97 Å². The van der Waals surface area contributed by atoms with Crippen LogP contribution < -0.4 is 9.47 Å². The summed E-state index contributed by atoms with van der Waals surface area (Å²) in [4.78, 5) is 7.91. The molecule has 0 unspecified atom stereocenters. The molecule has 0 aliphatic rings. The van der Waals surface area contributed by atoms with E-state index in [1.807, 2.05) is 12.1 Å². The Morgan fingerprint density at radius 1 is 0.769 bits per heavy atom. The molecule has 0 bridgehead atoms. The lowest BCUT2D eigenvalue weighted by Crippen LogP contribution is -1.98. The first-order valence-electron chi connectivity index (χ1n) is 7.16. The quantitative estimate of drug-likeness (QED) is 0.622. The maximum atomic E-state index is 9.36. The number of benzene rings is 1. The number of nitrogens with zero attached hydrogens (tertiary/aromatic N) is 4. The number of halogens is 2. The summed E-state index contributed by atoms with van der Waals surface area (Å²) in [6, 6.07) is 10.4. The summed E-state index contributed by atoms with van der Waals surface area (Å²) in [5.41, 5.74) is -0.201. The topological polar surface area (TPSA) is 91.8 Å². The Kier molecular flexibility index (Phi) is 5.19. The number of ether oxygens (including phenoxy) is 2. The second-order valence-corrected chi connectivity index (χ2v) is 5.60. The van der Waals surface area contributed by atoms with Gasteiger partial charge in [-0.05, 0) is 24.3 Å². The van der Waals surface area contributed by atoms with Crippen LogP contribution in [0.5, 0.6) is 23.0 Å². The van der Waals surface area contributed by atoms with E-state index in [4.69, 9.17) is 32.7 Å². The van der Waals surface area contributed by atoms with Crippen molar-refractivity contribution < 1.29 is 9.47 Å². The molecule has 0 saturated heterocycles. The van der Waals surface area contributed by atoms with Crippen LogP contribution in [-0.4, -0.2) is 9.97 Å². The van der Waals surface area contributed by atoms with Crippen LogP contribution in [0.15, 0.2) is 49.1 Å². The van der Waals surface area contributed by atoms with Crippen LogP contribution in [0.4, 0.5) is 0 Å². The first-order valence-corrected chi connectivity index (χ1v) is 7.92. The molecule has 0 atom stereocenters. The maximum Gasteiger partial charge on any atom is 0.191 e. The van der Waals surface area contributed by atoms with Gasteiger partial charge < -0.3 is 9.47 Å². The molecule has 1 aromatic carbocycles. The van der Waals surface area contributed by atoms with E-state index >= 15 is 0 Å². The van der Waals surface area contributed by atoms with Gasteiger partial charge in [0.05, 0.1) is 23.5 Å². The predicted octanol–water partition coefficient (Wildman–Crippen LogP) is 5.11. The Labute approximate surface area is 158 Å². The second-order valence-electron chi connectivity index (χ2n) is 4.84. The smallest absolute Gasteiger partial charge is 0.191 e. The van der Waals surface area contributed by atoms with Gasteiger partial charge in [-0.3, -0.25) is 9.97 Å². The Morgan fingerprint density at radius 2 is 1.19 bits per heavy atom. The van der Waals surface area contributed by atoms with Crippen LogP contribution in [0.2, 0.25) is 10.0 Å². The van der Waals surface area contributed by atoms with Gasteiger partial charge in [0.25, 0.3) is 0 Å². The first-order chi connectivity index (χ1) is 12.7. The fourth-order valence-corrected chi connectivity index (χ4v) is 2.61. The molecular weight excluding hydrogens is 375 g/mol. The molecule has 8 heteroatoms. The molecule has 0 aliphatic heterocycles. The van der Waals surface area contributed by atoms with Gasteiger partial charge in [0, 0.05) is 12.4 Å². The van der Waals surface area contributed by atoms with Gasteiger partial charge in [0.2, 0.25) is 0 Å². The minimum Gasteiger partial charge on any atom is -0.450 e. The van der Waals surface area contributed by atoms with E-state index in [0.29, 0.717) is 11.5 Å². The summed E-state index contributed by atoms with van der Waals surface area (Å²) in [5, 5.41) is 18.6. The van der Waals surface area contributed by atoms with Crippen molar-refractivity contribution in [3.8, 4) is 35.1 Å². The maximum absolute atomic E-state index is 9.36. The lowest BCUT2D eigenvalue weighted by atomic mass is 10.1. The molecular formula is C18H8Cl2N4O2. The van der Waals surface area contributed by atoms with E-state index < -0.39 is 0 Å². The van der Waals surface area contributed by atoms with Gasteiger partial charge in [0.1, 0.15) is 33.7 Å². The summed E-state index contributed by atoms with van der Waals surface area (Å²) in [7, 11) is 0. The van der Waals surface area contributed by atoms with Crippen molar-refractivity contribution in [1.29, 1.82) is 10.5 Å². The Bertz CT molecular complexity index is 945. The monoisotopic (exact) mass is 382 g/mol. The molecule has 26 heavy (non-hydrogen) atoms. The van der Waals surface area contributed by atoms with Crippen molar-refractivity contribution in [3.05, 3.63) is 70.2 Å². The van der Waals surface area contributed by atoms with Crippen LogP contribution in [0, 0.1) is 22.7 Å². The largest absolute Gasteiger partial charge is 0.450 e. The molecule has 0 saturated carbocycles. The zero-order valence-corrected chi connectivity index (χ0v) is 14.5. The Hall–Kier alpha value is -3.32. The molecule has 0 N–H and O–H groups in total. The van der Waals surface area contributed by atoms with Crippen molar-refractivity contribution in [2.75, 3.05) is 0 Å². The number of aromatic nitrogens is 2. The van der Waals surface area contributed by atoms with Crippen molar-refractivity contribution in [2.24, 2.45) is 0 Å². The highest BCUT2D eigenvalue weighted by atomic mass is 35.5. The van der Waals surface area contributed by atoms with Gasteiger partial charge >= 0.3 is 0 Å². The third-order valence-corrected chi connectivity index (χ3v) is 3.95. The Morgan fingerprint density at radius 3 is 1.50 bits per heavy atom. The lowest BCUT2D eigenvalue weighted by Gasteiger charge is -2.17. The SMILES string of the molecule is N#Cc1c(Cl)c(Oc2cccnc2)c(Oc2cccnc2)c(Cl)c1C#N. The van der Waals surface area contributed by atoms with E-state index in [9.17, 15) is 10.5 Å².